The average molecular weight is 941 g/mol. The number of allylic oxidation sites excluding steroid dienone is 6. The number of carbonyl (C=O) groups is 2. The molecule has 0 saturated carbocycles. The van der Waals surface area contributed by atoms with E-state index < -0.39 is 31.7 Å². The molecule has 12 nitrogen and oxygen atoms in total. The zero-order valence-corrected chi connectivity index (χ0v) is 41.2. The van der Waals surface area contributed by atoms with Gasteiger partial charge in [-0.05, 0) is 49.7 Å². The summed E-state index contributed by atoms with van der Waals surface area (Å²) in [5.41, 5.74) is 1.88. The topological polar surface area (TPSA) is 163 Å². The first-order chi connectivity index (χ1) is 31.3. The zero-order chi connectivity index (χ0) is 47.4. The summed E-state index contributed by atoms with van der Waals surface area (Å²) in [4.78, 5) is 30.7. The third-order valence-electron chi connectivity index (χ3n) is 11.2. The second kappa shape index (κ2) is 35.2. The average Bonchev–Trinajstić information content (AvgIpc) is 3.26. The van der Waals surface area contributed by atoms with Gasteiger partial charge in [0, 0.05) is 86.9 Å². The lowest BCUT2D eigenvalue weighted by Gasteiger charge is -2.22. The molecule has 2 aromatic rings. The number of amides is 2. The van der Waals surface area contributed by atoms with Gasteiger partial charge in [0.1, 0.15) is 13.1 Å². The van der Waals surface area contributed by atoms with Crippen LogP contribution in [0.15, 0.2) is 97.7 Å². The van der Waals surface area contributed by atoms with Crippen LogP contribution in [0.4, 0.5) is 0 Å². The van der Waals surface area contributed by atoms with Crippen molar-refractivity contribution >= 4 is 32.1 Å². The van der Waals surface area contributed by atoms with E-state index in [0.717, 1.165) is 62.5 Å². The zero-order valence-electron chi connectivity index (χ0n) is 39.6. The second-order valence-corrected chi connectivity index (χ2v) is 20.1. The van der Waals surface area contributed by atoms with Crippen LogP contribution in [0.5, 0.6) is 0 Å². The van der Waals surface area contributed by atoms with Gasteiger partial charge in [-0.2, -0.15) is 0 Å². The van der Waals surface area contributed by atoms with Crippen LogP contribution in [-0.2, 0) is 56.0 Å². The molecule has 0 fully saturated rings. The van der Waals surface area contributed by atoms with Crippen molar-refractivity contribution in [3.63, 3.8) is 0 Å². The molecule has 0 atom stereocenters. The maximum atomic E-state index is 13.5. The molecule has 2 heterocycles. The molecular weight excluding hydrogens is 861 g/mol. The number of unbranched alkanes of at least 4 members (excludes halogenated alkanes) is 16. The first kappa shape index (κ1) is 57.1. The van der Waals surface area contributed by atoms with Gasteiger partial charge in [-0.1, -0.05) is 134 Å². The number of nitrogens with zero attached hydrogens (tertiary/aromatic N) is 4. The van der Waals surface area contributed by atoms with Gasteiger partial charge in [0.15, 0.2) is 24.8 Å². The molecule has 0 aliphatic carbocycles. The Morgan fingerprint density at radius 3 is 1.18 bits per heavy atom. The summed E-state index contributed by atoms with van der Waals surface area (Å²) < 4.78 is 69.8. The summed E-state index contributed by atoms with van der Waals surface area (Å²) in [5, 5.41) is 0. The van der Waals surface area contributed by atoms with Gasteiger partial charge in [-0.15, -0.1) is 0 Å². The Hall–Kier alpha value is -3.98. The smallest absolute Gasteiger partial charge is 0.246 e. The molecule has 65 heavy (non-hydrogen) atoms. The van der Waals surface area contributed by atoms with E-state index in [1.165, 1.54) is 70.6 Å². The van der Waals surface area contributed by atoms with Crippen molar-refractivity contribution in [3.8, 4) is 0 Å². The summed E-state index contributed by atoms with van der Waals surface area (Å²) >= 11 is 0. The standard InChI is InChI=1S/C51H80N4O8S2/c1-3-5-7-9-11-13-15-17-19-21-25-31-51(57)55(47-49-34-42-53(43-35-49)37-29-45-65(61,62)63)39-27-23-22-26-38-54(50(56)30-24-20-18-16-14-12-10-8-6-4-2)46-48-32-40-52(41-33-48)36-28-44-64(58,59)60/h18-21,24-25,30-35,40-43H,3-17,22-23,26-29,36-39,44-47H2,1-2H3/b20-18+,21-19+,30-24+,31-25+. The van der Waals surface area contributed by atoms with Crippen LogP contribution in [0, 0.1) is 0 Å². The Bertz CT molecular complexity index is 1930. The molecule has 0 unspecified atom stereocenters. The maximum absolute atomic E-state index is 13.5. The molecule has 364 valence electrons. The Morgan fingerprint density at radius 1 is 0.492 bits per heavy atom. The summed E-state index contributed by atoms with van der Waals surface area (Å²) in [6, 6.07) is 7.65. The van der Waals surface area contributed by atoms with Gasteiger partial charge in [-0.25, -0.2) is 26.0 Å². The van der Waals surface area contributed by atoms with Crippen LogP contribution in [0.25, 0.3) is 0 Å². The Labute approximate surface area is 393 Å². The van der Waals surface area contributed by atoms with E-state index in [1.807, 2.05) is 92.3 Å². The molecule has 0 spiro atoms. The quantitative estimate of drug-likeness (QED) is 0.0212. The Balaban J connectivity index is 2.02. The van der Waals surface area contributed by atoms with Crippen LogP contribution in [-0.4, -0.2) is 72.2 Å². The number of aromatic nitrogens is 2. The molecule has 2 amide bonds. The highest BCUT2D eigenvalue weighted by molar-refractivity contribution is 7.85. The predicted molar refractivity (Wildman–Crippen MR) is 258 cm³/mol. The summed E-state index contributed by atoms with van der Waals surface area (Å²) in [6.45, 7) is 7.19. The molecule has 0 aromatic carbocycles. The second-order valence-electron chi connectivity index (χ2n) is 17.1. The lowest BCUT2D eigenvalue weighted by molar-refractivity contribution is -0.697. The van der Waals surface area contributed by atoms with Gasteiger partial charge in [0.05, 0.1) is 20.2 Å². The summed E-state index contributed by atoms with van der Waals surface area (Å²) in [7, 11) is -8.53. The minimum Gasteiger partial charge on any atom is -0.748 e. The third kappa shape index (κ3) is 31.6. The first-order valence-electron chi connectivity index (χ1n) is 24.4. The van der Waals surface area contributed by atoms with E-state index in [1.54, 1.807) is 12.2 Å². The van der Waals surface area contributed by atoms with E-state index in [4.69, 9.17) is 0 Å². The van der Waals surface area contributed by atoms with Crippen molar-refractivity contribution < 1.29 is 44.7 Å². The summed E-state index contributed by atoms with van der Waals surface area (Å²) in [6.07, 6.45) is 44.3. The Kier molecular flexibility index (Phi) is 31.0. The highest BCUT2D eigenvalue weighted by atomic mass is 32.2. The molecular formula is C51H80N4O8S2. The number of aryl methyl sites for hydroxylation is 2. The number of pyridine rings is 2. The molecule has 0 bridgehead atoms. The molecule has 0 radical (unpaired) electrons. The molecule has 2 aromatic heterocycles. The van der Waals surface area contributed by atoms with Crippen LogP contribution >= 0.6 is 0 Å². The van der Waals surface area contributed by atoms with Crippen molar-refractivity contribution in [2.45, 2.75) is 175 Å². The third-order valence-corrected chi connectivity index (χ3v) is 12.8. The van der Waals surface area contributed by atoms with Crippen molar-refractivity contribution in [2.24, 2.45) is 0 Å². The van der Waals surface area contributed by atoms with E-state index in [2.05, 4.69) is 26.0 Å². The van der Waals surface area contributed by atoms with Crippen molar-refractivity contribution in [1.29, 1.82) is 0 Å². The highest BCUT2D eigenvalue weighted by Crippen LogP contribution is 2.13. The van der Waals surface area contributed by atoms with E-state index >= 15 is 0 Å². The normalized spacial score (nSPS) is 12.4. The number of rotatable bonds is 38. The summed E-state index contributed by atoms with van der Waals surface area (Å²) in [5.74, 6) is -0.980. The molecule has 0 N–H and O–H groups in total. The lowest BCUT2D eigenvalue weighted by Crippen LogP contribution is -2.35. The monoisotopic (exact) mass is 941 g/mol. The van der Waals surface area contributed by atoms with Crippen LogP contribution in [0.1, 0.15) is 160 Å². The highest BCUT2D eigenvalue weighted by Gasteiger charge is 2.15. The van der Waals surface area contributed by atoms with Crippen LogP contribution < -0.4 is 9.13 Å². The van der Waals surface area contributed by atoms with Gasteiger partial charge < -0.3 is 18.9 Å². The molecule has 0 aliphatic heterocycles. The van der Waals surface area contributed by atoms with E-state index in [0.29, 0.717) is 39.3 Å². The van der Waals surface area contributed by atoms with Gasteiger partial charge >= 0.3 is 0 Å². The largest absolute Gasteiger partial charge is 0.748 e. The predicted octanol–water partition coefficient (Wildman–Crippen LogP) is 9.17. The van der Waals surface area contributed by atoms with Crippen molar-refractivity contribution in [2.75, 3.05) is 24.6 Å². The number of carbonyl (C=O) groups excluding carboxylic acids is 2. The van der Waals surface area contributed by atoms with E-state index in [9.17, 15) is 35.5 Å². The first-order valence-corrected chi connectivity index (χ1v) is 27.5. The minimum absolute atomic E-state index is 0.0767. The number of hydrogen-bond donors (Lipinski definition) is 0. The van der Waals surface area contributed by atoms with Crippen molar-refractivity contribution in [3.05, 3.63) is 109 Å². The van der Waals surface area contributed by atoms with Gasteiger partial charge in [0.25, 0.3) is 0 Å². The Morgan fingerprint density at radius 2 is 0.831 bits per heavy atom. The molecule has 14 heteroatoms. The number of hydrogen-bond acceptors (Lipinski definition) is 8. The van der Waals surface area contributed by atoms with Gasteiger partial charge in [0.2, 0.25) is 11.8 Å². The fourth-order valence-electron chi connectivity index (χ4n) is 7.37. The SMILES string of the molecule is CCCCCCCC/C=C/C=C/C(=O)N(CCCCCCN(Cc1cc[n+](CCCS(=O)(=O)[O-])cc1)C(=O)/C=C/C=C/CCCCCCCCC)Cc1cc[n+](CCCS(=O)(=O)[O-])cc1. The van der Waals surface area contributed by atoms with Gasteiger partial charge in [-0.3, -0.25) is 9.59 Å². The molecule has 0 aliphatic rings. The fourth-order valence-corrected chi connectivity index (χ4v) is 8.33. The molecule has 0 saturated heterocycles. The van der Waals surface area contributed by atoms with Crippen molar-refractivity contribution in [1.82, 2.24) is 9.80 Å². The van der Waals surface area contributed by atoms with Crippen LogP contribution in [0.2, 0.25) is 0 Å². The minimum atomic E-state index is -4.26. The maximum Gasteiger partial charge on any atom is 0.246 e. The lowest BCUT2D eigenvalue weighted by atomic mass is 10.1. The molecule has 2 rings (SSSR count). The van der Waals surface area contributed by atoms with E-state index in [-0.39, 0.29) is 24.7 Å². The van der Waals surface area contributed by atoms with Crippen LogP contribution in [0.3, 0.4) is 0 Å². The fraction of sp³-hybridized carbons (Fsp3) is 0.608.